The maximum absolute atomic E-state index is 8.83. The molecule has 2 aromatic rings. The molecule has 0 spiro atoms. The van der Waals surface area contributed by atoms with Crippen LogP contribution in [0.3, 0.4) is 0 Å². The first-order valence-corrected chi connectivity index (χ1v) is 4.48. The first-order chi connectivity index (χ1) is 6.72. The smallest absolute Gasteiger partial charge is 0.118 e. The number of anilines is 1. The van der Waals surface area contributed by atoms with Crippen molar-refractivity contribution in [3.63, 3.8) is 0 Å². The zero-order valence-corrected chi connectivity index (χ0v) is 7.94. The van der Waals surface area contributed by atoms with Crippen LogP contribution in [0.1, 0.15) is 13.0 Å². The van der Waals surface area contributed by atoms with E-state index in [2.05, 4.69) is 6.07 Å². The summed E-state index contributed by atoms with van der Waals surface area (Å²) in [6.07, 6.45) is 1.91. The molecule has 0 aliphatic rings. The lowest BCUT2D eigenvalue weighted by Gasteiger charge is -2.06. The van der Waals surface area contributed by atoms with E-state index in [1.165, 1.54) is 0 Å². The van der Waals surface area contributed by atoms with Crippen molar-refractivity contribution in [2.24, 2.45) is 0 Å². The molecule has 0 saturated heterocycles. The van der Waals surface area contributed by atoms with Crippen molar-refractivity contribution in [3.05, 3.63) is 30.5 Å². The Balaban J connectivity index is 2.65. The van der Waals surface area contributed by atoms with Gasteiger partial charge in [-0.3, -0.25) is 0 Å². The van der Waals surface area contributed by atoms with Crippen LogP contribution in [0.15, 0.2) is 30.5 Å². The number of fused-ring (bicyclic) bond motifs is 1. The van der Waals surface area contributed by atoms with E-state index in [1.54, 1.807) is 0 Å². The predicted molar refractivity (Wildman–Crippen MR) is 56.7 cm³/mol. The molecular formula is C11H11N3. The molecule has 1 aromatic heterocycles. The van der Waals surface area contributed by atoms with Gasteiger partial charge in [0, 0.05) is 22.8 Å². The van der Waals surface area contributed by atoms with E-state index in [0.717, 1.165) is 16.6 Å². The topological polar surface area (TPSA) is 54.7 Å². The molecule has 3 nitrogen and oxygen atoms in total. The Labute approximate surface area is 82.4 Å². The zero-order chi connectivity index (χ0) is 10.1. The second-order valence-corrected chi connectivity index (χ2v) is 3.35. The van der Waals surface area contributed by atoms with Gasteiger partial charge in [-0.1, -0.05) is 0 Å². The summed E-state index contributed by atoms with van der Waals surface area (Å²) in [7, 11) is 0. The molecule has 1 atom stereocenters. The van der Waals surface area contributed by atoms with Gasteiger partial charge in [0.25, 0.3) is 0 Å². The fourth-order valence-electron chi connectivity index (χ4n) is 1.58. The van der Waals surface area contributed by atoms with Crippen molar-refractivity contribution in [3.8, 4) is 6.07 Å². The lowest BCUT2D eigenvalue weighted by Crippen LogP contribution is -1.99. The first kappa shape index (κ1) is 8.64. The Kier molecular flexibility index (Phi) is 1.90. The number of nitriles is 1. The molecule has 1 heterocycles. The Morgan fingerprint density at radius 2 is 2.21 bits per heavy atom. The summed E-state index contributed by atoms with van der Waals surface area (Å²) in [5, 5.41) is 9.90. The summed E-state index contributed by atoms with van der Waals surface area (Å²) >= 11 is 0. The Hall–Kier alpha value is -1.95. The standard InChI is InChI=1S/C11H11N3/c1-8(7-12)14-5-4-9-6-10(13)2-3-11(9)14/h2-6,8H,13H2,1H3. The van der Waals surface area contributed by atoms with Crippen molar-refractivity contribution >= 4 is 16.6 Å². The third-order valence-electron chi connectivity index (χ3n) is 2.35. The van der Waals surface area contributed by atoms with Gasteiger partial charge in [0.1, 0.15) is 6.04 Å². The SMILES string of the molecule is CC(C#N)n1ccc2cc(N)ccc21. The van der Waals surface area contributed by atoms with E-state index in [4.69, 9.17) is 11.0 Å². The normalized spacial score (nSPS) is 12.6. The average Bonchev–Trinajstić information content (AvgIpc) is 2.59. The maximum Gasteiger partial charge on any atom is 0.118 e. The molecule has 0 fully saturated rings. The van der Waals surface area contributed by atoms with Gasteiger partial charge in [-0.2, -0.15) is 5.26 Å². The number of aromatic nitrogens is 1. The minimum Gasteiger partial charge on any atom is -0.399 e. The summed E-state index contributed by atoms with van der Waals surface area (Å²) in [4.78, 5) is 0. The fourth-order valence-corrected chi connectivity index (χ4v) is 1.58. The summed E-state index contributed by atoms with van der Waals surface area (Å²) in [5.41, 5.74) is 7.47. The number of rotatable bonds is 1. The minimum atomic E-state index is -0.142. The molecule has 70 valence electrons. The van der Waals surface area contributed by atoms with Crippen LogP contribution in [0.5, 0.6) is 0 Å². The van der Waals surface area contributed by atoms with Crippen LogP contribution < -0.4 is 5.73 Å². The lowest BCUT2D eigenvalue weighted by atomic mass is 10.2. The van der Waals surface area contributed by atoms with Crippen molar-refractivity contribution < 1.29 is 0 Å². The molecule has 0 saturated carbocycles. The van der Waals surface area contributed by atoms with E-state index in [0.29, 0.717) is 0 Å². The summed E-state index contributed by atoms with van der Waals surface area (Å²) in [6.45, 7) is 1.87. The Morgan fingerprint density at radius 1 is 1.43 bits per heavy atom. The third kappa shape index (κ3) is 1.21. The molecule has 14 heavy (non-hydrogen) atoms. The number of nitrogens with zero attached hydrogens (tertiary/aromatic N) is 2. The highest BCUT2D eigenvalue weighted by atomic mass is 15.0. The molecule has 3 heteroatoms. The van der Waals surface area contributed by atoms with Gasteiger partial charge in [0.2, 0.25) is 0 Å². The molecule has 2 N–H and O–H groups in total. The van der Waals surface area contributed by atoms with Crippen LogP contribution in [0.4, 0.5) is 5.69 Å². The molecule has 0 aliphatic carbocycles. The molecular weight excluding hydrogens is 174 g/mol. The van der Waals surface area contributed by atoms with Crippen LogP contribution in [0.25, 0.3) is 10.9 Å². The zero-order valence-electron chi connectivity index (χ0n) is 7.94. The van der Waals surface area contributed by atoms with E-state index >= 15 is 0 Å². The summed E-state index contributed by atoms with van der Waals surface area (Å²) in [5.74, 6) is 0. The second kappa shape index (κ2) is 3.08. The Morgan fingerprint density at radius 3 is 2.93 bits per heavy atom. The number of nitrogens with two attached hydrogens (primary N) is 1. The monoisotopic (exact) mass is 185 g/mol. The molecule has 1 unspecified atom stereocenters. The largest absolute Gasteiger partial charge is 0.399 e. The van der Waals surface area contributed by atoms with Gasteiger partial charge < -0.3 is 10.3 Å². The van der Waals surface area contributed by atoms with Crippen LogP contribution in [-0.2, 0) is 0 Å². The second-order valence-electron chi connectivity index (χ2n) is 3.35. The van der Waals surface area contributed by atoms with Crippen LogP contribution in [0.2, 0.25) is 0 Å². The maximum atomic E-state index is 8.83. The molecule has 0 bridgehead atoms. The van der Waals surface area contributed by atoms with Crippen LogP contribution in [0, 0.1) is 11.3 Å². The number of benzene rings is 1. The van der Waals surface area contributed by atoms with Crippen molar-refractivity contribution in [2.45, 2.75) is 13.0 Å². The highest BCUT2D eigenvalue weighted by molar-refractivity contribution is 5.83. The highest BCUT2D eigenvalue weighted by Crippen LogP contribution is 2.21. The van der Waals surface area contributed by atoms with E-state index in [9.17, 15) is 0 Å². The van der Waals surface area contributed by atoms with Crippen LogP contribution >= 0.6 is 0 Å². The molecule has 2 rings (SSSR count). The fraction of sp³-hybridized carbons (Fsp3) is 0.182. The summed E-state index contributed by atoms with van der Waals surface area (Å²) < 4.78 is 1.94. The van der Waals surface area contributed by atoms with Crippen molar-refractivity contribution in [1.29, 1.82) is 5.26 Å². The number of nitrogen functional groups attached to an aromatic ring is 1. The minimum absolute atomic E-state index is 0.142. The molecule has 0 amide bonds. The van der Waals surface area contributed by atoms with Gasteiger partial charge in [-0.15, -0.1) is 0 Å². The number of hydrogen-bond acceptors (Lipinski definition) is 2. The van der Waals surface area contributed by atoms with Gasteiger partial charge in [-0.05, 0) is 31.2 Å². The highest BCUT2D eigenvalue weighted by Gasteiger charge is 2.06. The van der Waals surface area contributed by atoms with Gasteiger partial charge in [0.15, 0.2) is 0 Å². The first-order valence-electron chi connectivity index (χ1n) is 4.48. The van der Waals surface area contributed by atoms with Gasteiger partial charge in [0.05, 0.1) is 6.07 Å². The molecule has 0 radical (unpaired) electrons. The Bertz CT molecular complexity index is 505. The van der Waals surface area contributed by atoms with E-state index < -0.39 is 0 Å². The molecule has 0 aliphatic heterocycles. The van der Waals surface area contributed by atoms with Crippen LogP contribution in [-0.4, -0.2) is 4.57 Å². The van der Waals surface area contributed by atoms with Gasteiger partial charge >= 0.3 is 0 Å². The van der Waals surface area contributed by atoms with Crippen molar-refractivity contribution in [1.82, 2.24) is 4.57 Å². The van der Waals surface area contributed by atoms with E-state index in [-0.39, 0.29) is 6.04 Å². The third-order valence-corrected chi connectivity index (χ3v) is 2.35. The lowest BCUT2D eigenvalue weighted by molar-refractivity contribution is 0.701. The quantitative estimate of drug-likeness (QED) is 0.693. The average molecular weight is 185 g/mol. The van der Waals surface area contributed by atoms with Gasteiger partial charge in [-0.25, -0.2) is 0 Å². The number of hydrogen-bond donors (Lipinski definition) is 1. The molecule has 1 aromatic carbocycles. The van der Waals surface area contributed by atoms with Crippen molar-refractivity contribution in [2.75, 3.05) is 5.73 Å². The summed E-state index contributed by atoms with van der Waals surface area (Å²) in [6, 6.07) is 9.74. The van der Waals surface area contributed by atoms with E-state index in [1.807, 2.05) is 42.0 Å². The predicted octanol–water partition coefficient (Wildman–Crippen LogP) is 2.31.